The first-order valence-corrected chi connectivity index (χ1v) is 3.79. The lowest BCUT2D eigenvalue weighted by molar-refractivity contribution is 0.0702. The van der Waals surface area contributed by atoms with Crippen molar-refractivity contribution in [2.24, 2.45) is 0 Å². The highest BCUT2D eigenvalue weighted by Crippen LogP contribution is 2.25. The quantitative estimate of drug-likeness (QED) is 0.710. The van der Waals surface area contributed by atoms with Crippen molar-refractivity contribution >= 4 is 27.6 Å². The van der Waals surface area contributed by atoms with E-state index in [1.807, 2.05) is 0 Å². The minimum absolute atomic E-state index is 0.319. The molecule has 0 fully saturated rings. The summed E-state index contributed by atoms with van der Waals surface area (Å²) >= 11 is 1.15. The van der Waals surface area contributed by atoms with Crippen molar-refractivity contribution < 1.29 is 14.3 Å². The van der Waals surface area contributed by atoms with Crippen LogP contribution >= 0.6 is 11.3 Å². The summed E-state index contributed by atoms with van der Waals surface area (Å²) in [6.45, 7) is 0. The summed E-state index contributed by atoms with van der Waals surface area (Å²) < 4.78 is 5.00. The van der Waals surface area contributed by atoms with Gasteiger partial charge in [0.1, 0.15) is 4.88 Å². The van der Waals surface area contributed by atoms with E-state index in [9.17, 15) is 4.79 Å². The molecule has 0 aliphatic rings. The van der Waals surface area contributed by atoms with Crippen molar-refractivity contribution in [1.29, 1.82) is 0 Å². The first kappa shape index (κ1) is 6.42. The highest BCUT2D eigenvalue weighted by molar-refractivity contribution is 7.20. The molecule has 0 amide bonds. The lowest BCUT2D eigenvalue weighted by atomic mass is 10.4. The topological polar surface area (TPSA) is 50.4 Å². The van der Waals surface area contributed by atoms with Gasteiger partial charge in [-0.05, 0) is 12.1 Å². The number of hydrogen-bond acceptors (Lipinski definition) is 3. The van der Waals surface area contributed by atoms with Crippen LogP contribution in [0.25, 0.3) is 10.3 Å². The second kappa shape index (κ2) is 2.10. The van der Waals surface area contributed by atoms with E-state index in [2.05, 4.69) is 0 Å². The molecule has 2 rings (SSSR count). The molecular formula is C7H4O3S. The fourth-order valence-corrected chi connectivity index (χ4v) is 1.69. The summed E-state index contributed by atoms with van der Waals surface area (Å²) in [7, 11) is 0. The molecule has 0 atom stereocenters. The predicted molar refractivity (Wildman–Crippen MR) is 41.1 cm³/mol. The van der Waals surface area contributed by atoms with Crippen molar-refractivity contribution in [2.75, 3.05) is 0 Å². The van der Waals surface area contributed by atoms with E-state index >= 15 is 0 Å². The molecule has 0 spiro atoms. The van der Waals surface area contributed by atoms with Crippen LogP contribution in [0.3, 0.4) is 0 Å². The third kappa shape index (κ3) is 0.914. The van der Waals surface area contributed by atoms with Gasteiger partial charge in [-0.25, -0.2) is 4.79 Å². The number of rotatable bonds is 1. The van der Waals surface area contributed by atoms with E-state index in [0.717, 1.165) is 16.7 Å². The molecule has 56 valence electrons. The van der Waals surface area contributed by atoms with Crippen LogP contribution in [-0.2, 0) is 0 Å². The van der Waals surface area contributed by atoms with Crippen LogP contribution in [0.4, 0.5) is 0 Å². The Labute approximate surface area is 65.9 Å². The number of thiophene rings is 1. The van der Waals surface area contributed by atoms with Gasteiger partial charge in [0.25, 0.3) is 0 Å². The first-order chi connectivity index (χ1) is 5.27. The molecule has 0 bridgehead atoms. The van der Waals surface area contributed by atoms with Crippen LogP contribution in [0.1, 0.15) is 9.67 Å². The number of carbonyl (C=O) groups is 1. The standard InChI is InChI=1S/C7H4O3S/c8-6(9)5-3-4-1-2-10-7(4)11-5/h1-3H,(H,8,9). The lowest BCUT2D eigenvalue weighted by Crippen LogP contribution is -1.89. The predicted octanol–water partition coefficient (Wildman–Crippen LogP) is 2.19. The second-order valence-corrected chi connectivity index (χ2v) is 3.09. The van der Waals surface area contributed by atoms with Crippen molar-refractivity contribution in [3.63, 3.8) is 0 Å². The first-order valence-electron chi connectivity index (χ1n) is 2.98. The van der Waals surface area contributed by atoms with E-state index in [0.29, 0.717) is 9.77 Å². The molecule has 0 aliphatic carbocycles. The van der Waals surface area contributed by atoms with Gasteiger partial charge in [0.2, 0.25) is 0 Å². The van der Waals surface area contributed by atoms with Gasteiger partial charge in [0.15, 0.2) is 4.90 Å². The number of furan rings is 1. The Balaban J connectivity index is 2.67. The number of carboxylic acids is 1. The van der Waals surface area contributed by atoms with E-state index < -0.39 is 5.97 Å². The summed E-state index contributed by atoms with van der Waals surface area (Å²) in [5.74, 6) is -0.901. The van der Waals surface area contributed by atoms with Crippen LogP contribution in [0.2, 0.25) is 0 Å². The van der Waals surface area contributed by atoms with Crippen LogP contribution < -0.4 is 0 Å². The largest absolute Gasteiger partial charge is 0.477 e. The Hall–Kier alpha value is -1.29. The minimum Gasteiger partial charge on any atom is -0.477 e. The van der Waals surface area contributed by atoms with E-state index in [4.69, 9.17) is 9.52 Å². The van der Waals surface area contributed by atoms with Gasteiger partial charge < -0.3 is 9.52 Å². The van der Waals surface area contributed by atoms with Gasteiger partial charge in [0, 0.05) is 5.39 Å². The zero-order valence-electron chi connectivity index (χ0n) is 5.40. The Bertz CT molecular complexity index is 370. The Morgan fingerprint density at radius 3 is 3.09 bits per heavy atom. The Kier molecular flexibility index (Phi) is 1.22. The maximum atomic E-state index is 10.4. The van der Waals surface area contributed by atoms with Gasteiger partial charge in [-0.3, -0.25) is 0 Å². The zero-order valence-corrected chi connectivity index (χ0v) is 6.22. The van der Waals surface area contributed by atoms with Gasteiger partial charge in [0.05, 0.1) is 6.26 Å². The molecule has 3 nitrogen and oxygen atoms in total. The fourth-order valence-electron chi connectivity index (χ4n) is 0.871. The summed E-state index contributed by atoms with van der Waals surface area (Å²) in [5, 5.41) is 9.43. The van der Waals surface area contributed by atoms with E-state index in [1.165, 1.54) is 0 Å². The van der Waals surface area contributed by atoms with E-state index in [-0.39, 0.29) is 0 Å². The van der Waals surface area contributed by atoms with Gasteiger partial charge in [-0.2, -0.15) is 0 Å². The molecule has 0 unspecified atom stereocenters. The van der Waals surface area contributed by atoms with Gasteiger partial charge in [-0.1, -0.05) is 11.3 Å². The van der Waals surface area contributed by atoms with Crippen molar-refractivity contribution in [3.8, 4) is 0 Å². The fraction of sp³-hybridized carbons (Fsp3) is 0. The summed E-state index contributed by atoms with van der Waals surface area (Å²) in [6, 6.07) is 3.35. The molecule has 11 heavy (non-hydrogen) atoms. The van der Waals surface area contributed by atoms with Crippen LogP contribution in [-0.4, -0.2) is 11.1 Å². The molecule has 4 heteroatoms. The summed E-state index contributed by atoms with van der Waals surface area (Å²) in [5.41, 5.74) is 0. The second-order valence-electron chi connectivity index (χ2n) is 2.08. The highest BCUT2D eigenvalue weighted by atomic mass is 32.1. The Morgan fingerprint density at radius 1 is 1.64 bits per heavy atom. The van der Waals surface area contributed by atoms with Crippen LogP contribution in [0.15, 0.2) is 22.8 Å². The smallest absolute Gasteiger partial charge is 0.346 e. The third-order valence-corrected chi connectivity index (χ3v) is 2.39. The van der Waals surface area contributed by atoms with Crippen molar-refractivity contribution in [1.82, 2.24) is 0 Å². The summed E-state index contributed by atoms with van der Waals surface area (Å²) in [4.78, 5) is 11.4. The normalized spacial score (nSPS) is 10.5. The third-order valence-electron chi connectivity index (χ3n) is 1.36. The molecule has 0 radical (unpaired) electrons. The number of fused-ring (bicyclic) bond motifs is 1. The lowest BCUT2D eigenvalue weighted by Gasteiger charge is -1.79. The molecule has 0 aromatic carbocycles. The molecular weight excluding hydrogens is 164 g/mol. The average molecular weight is 168 g/mol. The molecule has 0 saturated carbocycles. The highest BCUT2D eigenvalue weighted by Gasteiger charge is 2.09. The molecule has 2 aromatic rings. The maximum Gasteiger partial charge on any atom is 0.346 e. The SMILES string of the molecule is O=C(O)c1cc2ccoc2s1. The van der Waals surface area contributed by atoms with Gasteiger partial charge in [-0.15, -0.1) is 0 Å². The van der Waals surface area contributed by atoms with E-state index in [1.54, 1.807) is 18.4 Å². The molecule has 2 heterocycles. The monoisotopic (exact) mass is 168 g/mol. The molecule has 1 N–H and O–H groups in total. The molecule has 0 saturated heterocycles. The van der Waals surface area contributed by atoms with Crippen molar-refractivity contribution in [3.05, 3.63) is 23.3 Å². The number of hydrogen-bond donors (Lipinski definition) is 1. The maximum absolute atomic E-state index is 10.4. The number of carboxylic acid groups (broad SMARTS) is 1. The van der Waals surface area contributed by atoms with Crippen LogP contribution in [0.5, 0.6) is 0 Å². The minimum atomic E-state index is -0.901. The van der Waals surface area contributed by atoms with Crippen LogP contribution in [0, 0.1) is 0 Å². The van der Waals surface area contributed by atoms with Crippen molar-refractivity contribution in [2.45, 2.75) is 0 Å². The Morgan fingerprint density at radius 2 is 2.45 bits per heavy atom. The van der Waals surface area contributed by atoms with Gasteiger partial charge >= 0.3 is 5.97 Å². The zero-order chi connectivity index (χ0) is 7.84. The summed E-state index contributed by atoms with van der Waals surface area (Å²) in [6.07, 6.45) is 1.55. The number of aromatic carboxylic acids is 1. The molecule has 2 aromatic heterocycles. The average Bonchev–Trinajstić information content (AvgIpc) is 2.40. The molecule has 0 aliphatic heterocycles.